The number of carbonyl (C=O) groups excluding carboxylic acids is 1. The van der Waals surface area contributed by atoms with E-state index in [1.54, 1.807) is 11.2 Å². The lowest BCUT2D eigenvalue weighted by Gasteiger charge is -2.43. The number of amides is 2. The maximum Gasteiger partial charge on any atom is 0.321 e. The number of nitrogens with one attached hydrogen (secondary N) is 1. The van der Waals surface area contributed by atoms with E-state index in [1.165, 1.54) is 0 Å². The van der Waals surface area contributed by atoms with Crippen LogP contribution in [0.1, 0.15) is 0 Å². The van der Waals surface area contributed by atoms with Crippen LogP contribution in [0.2, 0.25) is 0 Å². The molecule has 1 N–H and O–H groups in total. The molecule has 0 spiro atoms. The number of thioether (sulfide) groups is 1. The maximum absolute atomic E-state index is 13.8. The summed E-state index contributed by atoms with van der Waals surface area (Å²) in [4.78, 5) is 16.2. The molecule has 8 heteroatoms. The number of halogens is 2. The Morgan fingerprint density at radius 3 is 2.74 bits per heavy atom. The first-order valence-electron chi connectivity index (χ1n) is 7.49. The molecule has 0 unspecified atom stereocenters. The second-order valence-electron chi connectivity index (χ2n) is 5.61. The Morgan fingerprint density at radius 1 is 1.30 bits per heavy atom. The predicted molar refractivity (Wildman–Crippen MR) is 84.9 cm³/mol. The third-order valence-corrected chi connectivity index (χ3v) is 4.98. The van der Waals surface area contributed by atoms with E-state index < -0.39 is 11.6 Å². The number of morpholine rings is 1. The Bertz CT molecular complexity index is 579. The van der Waals surface area contributed by atoms with Gasteiger partial charge in [0.1, 0.15) is 11.6 Å². The van der Waals surface area contributed by atoms with Crippen molar-refractivity contribution in [2.24, 2.45) is 0 Å². The maximum atomic E-state index is 13.8. The van der Waals surface area contributed by atoms with Crippen LogP contribution in [-0.2, 0) is 4.74 Å². The Morgan fingerprint density at radius 2 is 2.04 bits per heavy atom. The summed E-state index contributed by atoms with van der Waals surface area (Å²) in [6.45, 7) is 4.15. The number of ether oxygens (including phenoxy) is 1. The number of hydrogen-bond acceptors (Lipinski definition) is 4. The van der Waals surface area contributed by atoms with Gasteiger partial charge in [0.15, 0.2) is 0 Å². The standard InChI is InChI=1S/C15H19F2N3O2S/c1-23-14-12(16)6-10(7-13(14)17)18-15(21)20-3-2-19-4-5-22-9-11(19)8-20/h6-7,11H,2-5,8-9H2,1H3,(H,18,21)/t11-/m0/s1. The third-order valence-electron chi connectivity index (χ3n) is 4.18. The van der Waals surface area contributed by atoms with Crippen LogP contribution < -0.4 is 5.32 Å². The molecule has 23 heavy (non-hydrogen) atoms. The van der Waals surface area contributed by atoms with Gasteiger partial charge in [-0.2, -0.15) is 0 Å². The van der Waals surface area contributed by atoms with Crippen molar-refractivity contribution in [1.29, 1.82) is 0 Å². The highest BCUT2D eigenvalue weighted by Crippen LogP contribution is 2.26. The van der Waals surface area contributed by atoms with Crippen molar-refractivity contribution >= 4 is 23.5 Å². The highest BCUT2D eigenvalue weighted by Gasteiger charge is 2.31. The molecule has 0 saturated carbocycles. The summed E-state index contributed by atoms with van der Waals surface area (Å²) < 4.78 is 33.0. The summed E-state index contributed by atoms with van der Waals surface area (Å²) in [5.74, 6) is -1.34. The molecule has 1 atom stereocenters. The van der Waals surface area contributed by atoms with Gasteiger partial charge in [0, 0.05) is 31.9 Å². The van der Waals surface area contributed by atoms with E-state index in [0.717, 1.165) is 43.6 Å². The van der Waals surface area contributed by atoms with Crippen LogP contribution in [0, 0.1) is 11.6 Å². The van der Waals surface area contributed by atoms with Crippen LogP contribution in [-0.4, -0.2) is 67.5 Å². The molecular formula is C15H19F2N3O2S. The van der Waals surface area contributed by atoms with Crippen LogP contribution in [0.3, 0.4) is 0 Å². The lowest BCUT2D eigenvalue weighted by atomic mass is 10.1. The number of anilines is 1. The van der Waals surface area contributed by atoms with Crippen molar-refractivity contribution in [3.63, 3.8) is 0 Å². The topological polar surface area (TPSA) is 44.8 Å². The minimum absolute atomic E-state index is 0.0454. The number of urea groups is 1. The molecule has 126 valence electrons. The fourth-order valence-electron chi connectivity index (χ4n) is 2.96. The Labute approximate surface area is 138 Å². The summed E-state index contributed by atoms with van der Waals surface area (Å²) in [5.41, 5.74) is 0.130. The zero-order valence-electron chi connectivity index (χ0n) is 12.8. The number of hydrogen-bond donors (Lipinski definition) is 1. The zero-order chi connectivity index (χ0) is 16.4. The van der Waals surface area contributed by atoms with Crippen molar-refractivity contribution in [2.75, 3.05) is 51.0 Å². The lowest BCUT2D eigenvalue weighted by molar-refractivity contribution is -0.0355. The Hall–Kier alpha value is -1.38. The number of nitrogens with zero attached hydrogens (tertiary/aromatic N) is 2. The molecule has 2 saturated heterocycles. The molecule has 1 aromatic carbocycles. The number of rotatable bonds is 2. The average Bonchev–Trinajstić information content (AvgIpc) is 2.54. The molecule has 2 amide bonds. The highest BCUT2D eigenvalue weighted by atomic mass is 32.2. The second-order valence-corrected chi connectivity index (χ2v) is 6.43. The van der Waals surface area contributed by atoms with Gasteiger partial charge < -0.3 is 15.0 Å². The van der Waals surface area contributed by atoms with Crippen LogP contribution in [0.25, 0.3) is 0 Å². The summed E-state index contributed by atoms with van der Waals surface area (Å²) in [7, 11) is 0. The van der Waals surface area contributed by atoms with E-state index in [2.05, 4.69) is 10.2 Å². The molecular weight excluding hydrogens is 324 g/mol. The van der Waals surface area contributed by atoms with Gasteiger partial charge in [-0.15, -0.1) is 11.8 Å². The molecule has 2 heterocycles. The minimum atomic E-state index is -0.668. The van der Waals surface area contributed by atoms with Gasteiger partial charge in [-0.05, 0) is 18.4 Å². The monoisotopic (exact) mass is 343 g/mol. The van der Waals surface area contributed by atoms with Gasteiger partial charge in [0.05, 0.1) is 24.2 Å². The number of benzene rings is 1. The molecule has 5 nitrogen and oxygen atoms in total. The summed E-state index contributed by atoms with van der Waals surface area (Å²) >= 11 is 0.998. The van der Waals surface area contributed by atoms with Gasteiger partial charge in [-0.25, -0.2) is 13.6 Å². The van der Waals surface area contributed by atoms with Crippen LogP contribution in [0.5, 0.6) is 0 Å². The molecule has 0 aliphatic carbocycles. The first-order chi connectivity index (χ1) is 11.1. The Balaban J connectivity index is 1.65. The van der Waals surface area contributed by atoms with Gasteiger partial charge in [0.2, 0.25) is 0 Å². The molecule has 0 radical (unpaired) electrons. The smallest absolute Gasteiger partial charge is 0.321 e. The lowest BCUT2D eigenvalue weighted by Crippen LogP contribution is -2.59. The van der Waals surface area contributed by atoms with Crippen molar-refractivity contribution in [2.45, 2.75) is 10.9 Å². The zero-order valence-corrected chi connectivity index (χ0v) is 13.7. The highest BCUT2D eigenvalue weighted by molar-refractivity contribution is 7.98. The molecule has 2 fully saturated rings. The van der Waals surface area contributed by atoms with E-state index in [9.17, 15) is 13.6 Å². The fourth-order valence-corrected chi connectivity index (χ4v) is 3.47. The van der Waals surface area contributed by atoms with Crippen molar-refractivity contribution in [3.8, 4) is 0 Å². The molecule has 2 aliphatic heterocycles. The first-order valence-corrected chi connectivity index (χ1v) is 8.71. The summed E-state index contributed by atoms with van der Waals surface area (Å²) in [6.07, 6.45) is 1.60. The second kappa shape index (κ2) is 7.02. The molecule has 0 bridgehead atoms. The van der Waals surface area contributed by atoms with Gasteiger partial charge in [-0.3, -0.25) is 4.90 Å². The van der Waals surface area contributed by atoms with Crippen LogP contribution in [0.15, 0.2) is 17.0 Å². The Kier molecular flexibility index (Phi) is 5.03. The molecule has 1 aromatic rings. The quantitative estimate of drug-likeness (QED) is 0.837. The van der Waals surface area contributed by atoms with E-state index in [-0.39, 0.29) is 22.7 Å². The largest absolute Gasteiger partial charge is 0.378 e. The molecule has 0 aromatic heterocycles. The van der Waals surface area contributed by atoms with Crippen LogP contribution in [0.4, 0.5) is 19.3 Å². The van der Waals surface area contributed by atoms with E-state index in [4.69, 9.17) is 4.74 Å². The van der Waals surface area contributed by atoms with E-state index in [1.807, 2.05) is 0 Å². The number of carbonyl (C=O) groups is 1. The van der Waals surface area contributed by atoms with Gasteiger partial charge in [-0.1, -0.05) is 0 Å². The number of fused-ring (bicyclic) bond motifs is 1. The number of piperazine rings is 1. The first kappa shape index (κ1) is 16.5. The summed E-state index contributed by atoms with van der Waals surface area (Å²) in [5, 5.41) is 2.58. The van der Waals surface area contributed by atoms with E-state index >= 15 is 0 Å². The van der Waals surface area contributed by atoms with Gasteiger partial charge in [0.25, 0.3) is 0 Å². The molecule has 3 rings (SSSR count). The SMILES string of the molecule is CSc1c(F)cc(NC(=O)N2CCN3CCOC[C@@H]3C2)cc1F. The summed E-state index contributed by atoms with van der Waals surface area (Å²) in [6, 6.07) is 2.14. The normalized spacial score (nSPS) is 21.9. The fraction of sp³-hybridized carbons (Fsp3) is 0.533. The van der Waals surface area contributed by atoms with Crippen molar-refractivity contribution < 1.29 is 18.3 Å². The third kappa shape index (κ3) is 3.59. The van der Waals surface area contributed by atoms with Gasteiger partial charge >= 0.3 is 6.03 Å². The molecule has 2 aliphatic rings. The van der Waals surface area contributed by atoms with E-state index in [0.29, 0.717) is 19.7 Å². The van der Waals surface area contributed by atoms with Crippen molar-refractivity contribution in [1.82, 2.24) is 9.80 Å². The average molecular weight is 343 g/mol. The minimum Gasteiger partial charge on any atom is -0.378 e. The predicted octanol–water partition coefficient (Wildman–Crippen LogP) is 2.24. The van der Waals surface area contributed by atoms with Crippen LogP contribution >= 0.6 is 11.8 Å². The van der Waals surface area contributed by atoms with Crippen molar-refractivity contribution in [3.05, 3.63) is 23.8 Å².